The predicted molar refractivity (Wildman–Crippen MR) is 132 cm³/mol. The van der Waals surface area contributed by atoms with E-state index in [1.165, 1.54) is 24.5 Å². The molecule has 1 aliphatic heterocycles. The van der Waals surface area contributed by atoms with E-state index in [0.717, 1.165) is 17.6 Å². The maximum atomic E-state index is 14.4. The standard InChI is InChI=1S/C24H25FN8O2/c1-4-13(11-34)14-9-33(10-14)23-19-17-5-15(25)6-18(26-3)20(17)30-21(19)31-22(32-23)24(35)29-16-7-27-12(2)28-8-16/h5-8,26,34H,4,9-11H2,1-3H3,(H,29,35)(H,30,31,32). The minimum absolute atomic E-state index is 0.00889. The number of halogens is 1. The molecule has 1 amide bonds. The first-order chi connectivity index (χ1) is 16.9. The van der Waals surface area contributed by atoms with Gasteiger partial charge in [-0.15, -0.1) is 0 Å². The van der Waals surface area contributed by atoms with Crippen LogP contribution >= 0.6 is 0 Å². The zero-order chi connectivity index (χ0) is 24.7. The molecule has 1 saturated heterocycles. The highest BCUT2D eigenvalue weighted by Gasteiger charge is 2.29. The zero-order valence-corrected chi connectivity index (χ0v) is 19.6. The van der Waals surface area contributed by atoms with Crippen LogP contribution in [0.5, 0.6) is 0 Å². The minimum atomic E-state index is -0.514. The summed E-state index contributed by atoms with van der Waals surface area (Å²) in [5.74, 6) is 0.162. The van der Waals surface area contributed by atoms with E-state index < -0.39 is 11.7 Å². The number of aliphatic hydroxyl groups is 1. The fourth-order valence-electron chi connectivity index (χ4n) is 4.28. The van der Waals surface area contributed by atoms with Crippen LogP contribution in [0.2, 0.25) is 0 Å². The maximum absolute atomic E-state index is 14.4. The lowest BCUT2D eigenvalue weighted by atomic mass is 9.99. The molecule has 0 radical (unpaired) electrons. The van der Waals surface area contributed by atoms with E-state index >= 15 is 0 Å². The molecule has 0 bridgehead atoms. The number of aromatic amines is 1. The molecule has 11 heteroatoms. The second kappa shape index (κ2) is 8.91. The van der Waals surface area contributed by atoms with Gasteiger partial charge in [-0.05, 0) is 36.6 Å². The number of anilines is 3. The van der Waals surface area contributed by atoms with Crippen LogP contribution in [0.15, 0.2) is 35.7 Å². The summed E-state index contributed by atoms with van der Waals surface area (Å²) >= 11 is 0. The smallest absolute Gasteiger partial charge is 0.293 e. The molecule has 5 rings (SSSR count). The Kier molecular flexibility index (Phi) is 5.77. The molecule has 4 N–H and O–H groups in total. The SMILES string of the molecule is CCC(CO)=C1CN(c2nc(C(=O)Nc3cnc(C)nc3)nc3[nH]c4c(NC)cc(F)cc4c23)C1. The number of rotatable bonds is 6. The molecule has 180 valence electrons. The van der Waals surface area contributed by atoms with E-state index in [1.807, 2.05) is 11.8 Å². The number of benzene rings is 1. The van der Waals surface area contributed by atoms with Crippen LogP contribution < -0.4 is 15.5 Å². The summed E-state index contributed by atoms with van der Waals surface area (Å²) in [4.78, 5) is 35.5. The Morgan fingerprint density at radius 1 is 1.23 bits per heavy atom. The van der Waals surface area contributed by atoms with Gasteiger partial charge in [0, 0.05) is 25.5 Å². The lowest BCUT2D eigenvalue weighted by Crippen LogP contribution is -2.42. The zero-order valence-electron chi connectivity index (χ0n) is 19.6. The van der Waals surface area contributed by atoms with Crippen LogP contribution in [0.1, 0.15) is 29.8 Å². The van der Waals surface area contributed by atoms with Gasteiger partial charge < -0.3 is 25.6 Å². The maximum Gasteiger partial charge on any atom is 0.293 e. The molecule has 0 aliphatic carbocycles. The highest BCUT2D eigenvalue weighted by atomic mass is 19.1. The van der Waals surface area contributed by atoms with E-state index in [4.69, 9.17) is 0 Å². The van der Waals surface area contributed by atoms with Gasteiger partial charge >= 0.3 is 0 Å². The molecule has 0 unspecified atom stereocenters. The van der Waals surface area contributed by atoms with Gasteiger partial charge in [0.05, 0.1) is 41.3 Å². The van der Waals surface area contributed by atoms with Crippen molar-refractivity contribution in [3.8, 4) is 0 Å². The molecule has 1 aromatic carbocycles. The fraction of sp³-hybridized carbons (Fsp3) is 0.292. The number of carbonyl (C=O) groups is 1. The molecule has 0 saturated carbocycles. The Bertz CT molecular complexity index is 1460. The van der Waals surface area contributed by atoms with Crippen LogP contribution in [0.25, 0.3) is 21.9 Å². The van der Waals surface area contributed by atoms with Crippen molar-refractivity contribution in [2.75, 3.05) is 42.3 Å². The molecule has 4 heterocycles. The second-order valence-electron chi connectivity index (χ2n) is 8.39. The third-order valence-electron chi connectivity index (χ3n) is 6.20. The van der Waals surface area contributed by atoms with Crippen LogP contribution in [0.4, 0.5) is 21.6 Å². The molecule has 4 aromatic rings. The number of aromatic nitrogens is 5. The highest BCUT2D eigenvalue weighted by Crippen LogP contribution is 2.38. The number of hydrogen-bond acceptors (Lipinski definition) is 8. The fourth-order valence-corrected chi connectivity index (χ4v) is 4.28. The molecule has 1 aliphatic rings. The molecule has 3 aromatic heterocycles. The second-order valence-corrected chi connectivity index (χ2v) is 8.39. The number of aryl methyl sites for hydroxylation is 1. The van der Waals surface area contributed by atoms with E-state index in [0.29, 0.717) is 58.0 Å². The van der Waals surface area contributed by atoms with E-state index in [-0.39, 0.29) is 12.4 Å². The minimum Gasteiger partial charge on any atom is -0.392 e. The van der Waals surface area contributed by atoms with Crippen LogP contribution in [-0.2, 0) is 0 Å². The number of hydrogen-bond donors (Lipinski definition) is 4. The summed E-state index contributed by atoms with van der Waals surface area (Å²) in [6.45, 7) is 4.88. The van der Waals surface area contributed by atoms with Crippen molar-refractivity contribution >= 4 is 45.0 Å². The van der Waals surface area contributed by atoms with E-state index in [1.54, 1.807) is 14.0 Å². The number of nitrogens with one attached hydrogen (secondary N) is 3. The summed E-state index contributed by atoms with van der Waals surface area (Å²) in [6, 6.07) is 2.84. The Balaban J connectivity index is 1.63. The van der Waals surface area contributed by atoms with Crippen molar-refractivity contribution in [2.24, 2.45) is 0 Å². The summed E-state index contributed by atoms with van der Waals surface area (Å²) in [5.41, 5.74) is 4.21. The Labute approximate surface area is 200 Å². The van der Waals surface area contributed by atoms with Crippen molar-refractivity contribution in [1.29, 1.82) is 0 Å². The largest absolute Gasteiger partial charge is 0.392 e. The third kappa shape index (κ3) is 4.03. The van der Waals surface area contributed by atoms with E-state index in [9.17, 15) is 14.3 Å². The number of amides is 1. The monoisotopic (exact) mass is 476 g/mol. The molecule has 0 spiro atoms. The molecule has 1 fully saturated rings. The average Bonchev–Trinajstić information content (AvgIpc) is 3.20. The number of nitrogens with zero attached hydrogens (tertiary/aromatic N) is 5. The molecule has 10 nitrogen and oxygen atoms in total. The first-order valence-electron chi connectivity index (χ1n) is 11.3. The van der Waals surface area contributed by atoms with Crippen molar-refractivity contribution < 1.29 is 14.3 Å². The normalized spacial score (nSPS) is 13.3. The highest BCUT2D eigenvalue weighted by molar-refractivity contribution is 6.15. The van der Waals surface area contributed by atoms with Crippen molar-refractivity contribution in [3.05, 3.63) is 53.1 Å². The number of fused-ring (bicyclic) bond motifs is 3. The Morgan fingerprint density at radius 3 is 2.63 bits per heavy atom. The van der Waals surface area contributed by atoms with Gasteiger partial charge in [0.2, 0.25) is 5.82 Å². The van der Waals surface area contributed by atoms with Crippen molar-refractivity contribution in [2.45, 2.75) is 20.3 Å². The van der Waals surface area contributed by atoms with Crippen molar-refractivity contribution in [1.82, 2.24) is 24.9 Å². The summed E-state index contributed by atoms with van der Waals surface area (Å²) in [7, 11) is 1.71. The van der Waals surface area contributed by atoms with Gasteiger partial charge in [-0.3, -0.25) is 4.79 Å². The predicted octanol–water partition coefficient (Wildman–Crippen LogP) is 3.16. The first kappa shape index (κ1) is 22.7. The molecule has 0 atom stereocenters. The lowest BCUT2D eigenvalue weighted by Gasteiger charge is -2.37. The number of H-pyrrole nitrogens is 1. The third-order valence-corrected chi connectivity index (χ3v) is 6.20. The van der Waals surface area contributed by atoms with Gasteiger partial charge in [0.15, 0.2) is 0 Å². The topological polar surface area (TPSA) is 132 Å². The molecular formula is C24H25FN8O2. The van der Waals surface area contributed by atoms with Gasteiger partial charge in [0.25, 0.3) is 5.91 Å². The number of carbonyl (C=O) groups excluding carboxylic acids is 1. The average molecular weight is 477 g/mol. The van der Waals surface area contributed by atoms with Gasteiger partial charge in [-0.2, -0.15) is 0 Å². The Morgan fingerprint density at radius 2 is 1.97 bits per heavy atom. The lowest BCUT2D eigenvalue weighted by molar-refractivity contribution is 0.101. The van der Waals surface area contributed by atoms with Gasteiger partial charge in [0.1, 0.15) is 23.1 Å². The first-order valence-corrected chi connectivity index (χ1v) is 11.3. The van der Waals surface area contributed by atoms with Crippen LogP contribution in [-0.4, -0.2) is 62.7 Å². The van der Waals surface area contributed by atoms with Gasteiger partial charge in [-0.25, -0.2) is 24.3 Å². The summed E-state index contributed by atoms with van der Waals surface area (Å²) in [5, 5.41) is 16.6. The quantitative estimate of drug-likeness (QED) is 0.312. The molecule has 35 heavy (non-hydrogen) atoms. The van der Waals surface area contributed by atoms with Crippen molar-refractivity contribution in [3.63, 3.8) is 0 Å². The van der Waals surface area contributed by atoms with Crippen LogP contribution in [0.3, 0.4) is 0 Å². The molecular weight excluding hydrogens is 451 g/mol. The summed E-state index contributed by atoms with van der Waals surface area (Å²) < 4.78 is 14.4. The number of aliphatic hydroxyl groups excluding tert-OH is 1. The summed E-state index contributed by atoms with van der Waals surface area (Å²) in [6.07, 6.45) is 3.78. The van der Waals surface area contributed by atoms with Crippen LogP contribution in [0, 0.1) is 12.7 Å². The van der Waals surface area contributed by atoms with Gasteiger partial charge in [-0.1, -0.05) is 6.92 Å². The Hall–Kier alpha value is -4.12. The van der Waals surface area contributed by atoms with E-state index in [2.05, 4.69) is 35.6 Å².